The Morgan fingerprint density at radius 1 is 1.18 bits per heavy atom. The average Bonchev–Trinajstić information content (AvgIpc) is 3.25. The molecule has 2 unspecified atom stereocenters. The Morgan fingerprint density at radius 2 is 2.00 bits per heavy atom. The van der Waals surface area contributed by atoms with Crippen molar-refractivity contribution in [1.29, 1.82) is 0 Å². The van der Waals surface area contributed by atoms with E-state index >= 15 is 0 Å². The van der Waals surface area contributed by atoms with E-state index in [9.17, 15) is 4.79 Å². The highest BCUT2D eigenvalue weighted by Gasteiger charge is 2.38. The third kappa shape index (κ3) is 2.13. The van der Waals surface area contributed by atoms with Gasteiger partial charge in [-0.05, 0) is 18.2 Å². The fourth-order valence-corrected chi connectivity index (χ4v) is 3.25. The second kappa shape index (κ2) is 5.40. The molecule has 5 nitrogen and oxygen atoms in total. The third-order valence-electron chi connectivity index (χ3n) is 4.39. The number of carbonyl (C=O) groups is 1. The van der Waals surface area contributed by atoms with Crippen molar-refractivity contribution in [3.05, 3.63) is 42.2 Å². The molecule has 2 aliphatic rings. The SMILES string of the molecule is O=C(C1N=COC1c1cncc2ccccc12)N1CCCC1. The first kappa shape index (κ1) is 13.2. The summed E-state index contributed by atoms with van der Waals surface area (Å²) in [5, 5.41) is 2.11. The molecule has 2 atom stereocenters. The van der Waals surface area contributed by atoms with Gasteiger partial charge < -0.3 is 9.64 Å². The van der Waals surface area contributed by atoms with Crippen LogP contribution in [0.1, 0.15) is 24.5 Å². The van der Waals surface area contributed by atoms with E-state index < -0.39 is 6.04 Å². The molecule has 1 saturated heterocycles. The number of hydrogen-bond donors (Lipinski definition) is 0. The molecule has 0 aliphatic carbocycles. The second-order valence-electron chi connectivity index (χ2n) is 5.74. The lowest BCUT2D eigenvalue weighted by atomic mass is 9.98. The molecule has 3 heterocycles. The average molecular weight is 295 g/mol. The fraction of sp³-hybridized carbons (Fsp3) is 0.353. The fourth-order valence-electron chi connectivity index (χ4n) is 3.25. The summed E-state index contributed by atoms with van der Waals surface area (Å²) in [6.07, 6.45) is 6.78. The largest absolute Gasteiger partial charge is 0.473 e. The Bertz CT molecular complexity index is 732. The second-order valence-corrected chi connectivity index (χ2v) is 5.74. The van der Waals surface area contributed by atoms with Gasteiger partial charge in [-0.15, -0.1) is 0 Å². The molecule has 0 spiro atoms. The number of carbonyl (C=O) groups excluding carboxylic acids is 1. The van der Waals surface area contributed by atoms with Gasteiger partial charge >= 0.3 is 0 Å². The van der Waals surface area contributed by atoms with Gasteiger partial charge in [0.25, 0.3) is 5.91 Å². The molecule has 5 heteroatoms. The summed E-state index contributed by atoms with van der Waals surface area (Å²) in [5.41, 5.74) is 0.924. The smallest absolute Gasteiger partial charge is 0.251 e. The number of ether oxygens (including phenoxy) is 1. The number of likely N-dealkylation sites (tertiary alicyclic amines) is 1. The zero-order chi connectivity index (χ0) is 14.9. The van der Waals surface area contributed by atoms with Crippen molar-refractivity contribution in [3.8, 4) is 0 Å². The normalized spacial score (nSPS) is 23.9. The van der Waals surface area contributed by atoms with Crippen molar-refractivity contribution in [3.63, 3.8) is 0 Å². The van der Waals surface area contributed by atoms with Crippen molar-refractivity contribution in [2.75, 3.05) is 13.1 Å². The van der Waals surface area contributed by atoms with Gasteiger partial charge in [-0.3, -0.25) is 9.78 Å². The lowest BCUT2D eigenvalue weighted by Crippen LogP contribution is -2.38. The molecular weight excluding hydrogens is 278 g/mol. The van der Waals surface area contributed by atoms with Crippen molar-refractivity contribution in [2.45, 2.75) is 25.0 Å². The highest BCUT2D eigenvalue weighted by atomic mass is 16.5. The standard InChI is InChI=1S/C17H17N3O2/c21-17(20-7-3-4-8-20)15-16(22-11-19-15)14-10-18-9-12-5-1-2-6-13(12)14/h1-2,5-6,9-11,15-16H,3-4,7-8H2. The highest BCUT2D eigenvalue weighted by molar-refractivity contribution is 5.89. The lowest BCUT2D eigenvalue weighted by Gasteiger charge is -2.23. The minimum absolute atomic E-state index is 0.0594. The van der Waals surface area contributed by atoms with E-state index in [0.717, 1.165) is 42.3 Å². The summed E-state index contributed by atoms with van der Waals surface area (Å²) >= 11 is 0. The maximum Gasteiger partial charge on any atom is 0.251 e. The van der Waals surface area contributed by atoms with Crippen molar-refractivity contribution < 1.29 is 9.53 Å². The van der Waals surface area contributed by atoms with Crippen LogP contribution in [0.15, 0.2) is 41.7 Å². The van der Waals surface area contributed by atoms with Crippen molar-refractivity contribution in [2.24, 2.45) is 4.99 Å². The summed E-state index contributed by atoms with van der Waals surface area (Å²) in [7, 11) is 0. The van der Waals surface area contributed by atoms with Crippen LogP contribution in [0.25, 0.3) is 10.8 Å². The number of hydrogen-bond acceptors (Lipinski definition) is 4. The van der Waals surface area contributed by atoms with Crippen LogP contribution in [0.2, 0.25) is 0 Å². The van der Waals surface area contributed by atoms with Crippen LogP contribution in [0.4, 0.5) is 0 Å². The molecule has 0 N–H and O–H groups in total. The first-order chi connectivity index (χ1) is 10.8. The van der Waals surface area contributed by atoms with Gasteiger partial charge in [0.15, 0.2) is 18.5 Å². The Hall–Kier alpha value is -2.43. The van der Waals surface area contributed by atoms with Gasteiger partial charge in [0.05, 0.1) is 0 Å². The van der Waals surface area contributed by atoms with Gasteiger partial charge in [0.2, 0.25) is 0 Å². The van der Waals surface area contributed by atoms with Gasteiger partial charge in [0.1, 0.15) is 0 Å². The maximum atomic E-state index is 12.7. The predicted molar refractivity (Wildman–Crippen MR) is 83.7 cm³/mol. The number of fused-ring (bicyclic) bond motifs is 1. The lowest BCUT2D eigenvalue weighted by molar-refractivity contribution is -0.133. The number of amides is 1. The number of benzene rings is 1. The highest BCUT2D eigenvalue weighted by Crippen LogP contribution is 2.33. The molecule has 2 aromatic rings. The number of rotatable bonds is 2. The molecule has 1 amide bonds. The summed E-state index contributed by atoms with van der Waals surface area (Å²) < 4.78 is 5.66. The minimum atomic E-state index is -0.495. The molecule has 0 saturated carbocycles. The molecule has 112 valence electrons. The van der Waals surface area contributed by atoms with E-state index in [1.807, 2.05) is 35.4 Å². The Kier molecular flexibility index (Phi) is 3.25. The van der Waals surface area contributed by atoms with Crippen LogP contribution < -0.4 is 0 Å². The van der Waals surface area contributed by atoms with E-state index in [-0.39, 0.29) is 12.0 Å². The number of pyridine rings is 1. The maximum absolute atomic E-state index is 12.7. The molecule has 1 aromatic carbocycles. The van der Waals surface area contributed by atoms with Crippen molar-refractivity contribution >= 4 is 23.1 Å². The molecule has 1 aromatic heterocycles. The summed E-state index contributed by atoms with van der Waals surface area (Å²) in [5.74, 6) is 0.0594. The summed E-state index contributed by atoms with van der Waals surface area (Å²) in [6.45, 7) is 1.65. The first-order valence-electron chi connectivity index (χ1n) is 7.63. The minimum Gasteiger partial charge on any atom is -0.473 e. The van der Waals surface area contributed by atoms with Crippen LogP contribution in [-0.4, -0.2) is 41.3 Å². The van der Waals surface area contributed by atoms with Gasteiger partial charge in [-0.2, -0.15) is 0 Å². The van der Waals surface area contributed by atoms with Crippen LogP contribution in [-0.2, 0) is 9.53 Å². The van der Waals surface area contributed by atoms with Crippen LogP contribution >= 0.6 is 0 Å². The van der Waals surface area contributed by atoms with Crippen LogP contribution in [0.5, 0.6) is 0 Å². The van der Waals surface area contributed by atoms with E-state index in [1.165, 1.54) is 6.40 Å². The summed E-state index contributed by atoms with van der Waals surface area (Å²) in [4.78, 5) is 23.1. The molecule has 22 heavy (non-hydrogen) atoms. The number of aliphatic imine (C=N–C) groups is 1. The monoisotopic (exact) mass is 295 g/mol. The number of nitrogens with zero attached hydrogens (tertiary/aromatic N) is 3. The first-order valence-corrected chi connectivity index (χ1v) is 7.63. The van der Waals surface area contributed by atoms with Gasteiger partial charge in [-0.25, -0.2) is 4.99 Å². The molecule has 0 bridgehead atoms. The Balaban J connectivity index is 1.70. The van der Waals surface area contributed by atoms with Crippen LogP contribution in [0, 0.1) is 0 Å². The van der Waals surface area contributed by atoms with Gasteiger partial charge in [-0.1, -0.05) is 24.3 Å². The molecule has 0 radical (unpaired) electrons. The van der Waals surface area contributed by atoms with E-state index in [0.29, 0.717) is 0 Å². The zero-order valence-corrected chi connectivity index (χ0v) is 12.2. The van der Waals surface area contributed by atoms with E-state index in [2.05, 4.69) is 9.98 Å². The molecule has 1 fully saturated rings. The van der Waals surface area contributed by atoms with Crippen molar-refractivity contribution in [1.82, 2.24) is 9.88 Å². The van der Waals surface area contributed by atoms with Crippen LogP contribution in [0.3, 0.4) is 0 Å². The molecular formula is C17H17N3O2. The quantitative estimate of drug-likeness (QED) is 0.854. The Morgan fingerprint density at radius 3 is 2.86 bits per heavy atom. The van der Waals surface area contributed by atoms with E-state index in [1.54, 1.807) is 6.20 Å². The topological polar surface area (TPSA) is 54.8 Å². The molecule has 2 aliphatic heterocycles. The van der Waals surface area contributed by atoms with Gasteiger partial charge in [0, 0.05) is 36.4 Å². The summed E-state index contributed by atoms with van der Waals surface area (Å²) in [6, 6.07) is 7.52. The molecule has 4 rings (SSSR count). The zero-order valence-electron chi connectivity index (χ0n) is 12.2. The predicted octanol–water partition coefficient (Wildman–Crippen LogP) is 2.33. The Labute approximate surface area is 128 Å². The number of aromatic nitrogens is 1. The third-order valence-corrected chi connectivity index (χ3v) is 4.39. The van der Waals surface area contributed by atoms with E-state index in [4.69, 9.17) is 4.74 Å².